The Hall–Kier alpha value is -2.38. The van der Waals surface area contributed by atoms with Crippen molar-refractivity contribution in [3.63, 3.8) is 0 Å². The fourth-order valence-corrected chi connectivity index (χ4v) is 5.22. The predicted molar refractivity (Wildman–Crippen MR) is 106 cm³/mol. The molecule has 0 spiro atoms. The van der Waals surface area contributed by atoms with Gasteiger partial charge in [-0.3, -0.25) is 4.79 Å². The number of nitrogens with one attached hydrogen (secondary N) is 1. The monoisotopic (exact) mass is 385 g/mol. The highest BCUT2D eigenvalue weighted by Crippen LogP contribution is 2.29. The summed E-state index contributed by atoms with van der Waals surface area (Å²) in [4.78, 5) is 14.0. The second kappa shape index (κ2) is 6.65. The van der Waals surface area contributed by atoms with Crippen LogP contribution in [0.25, 0.3) is 0 Å². The van der Waals surface area contributed by atoms with Gasteiger partial charge in [0.25, 0.3) is 0 Å². The molecule has 27 heavy (non-hydrogen) atoms. The van der Waals surface area contributed by atoms with E-state index in [-0.39, 0.29) is 17.2 Å². The van der Waals surface area contributed by atoms with Crippen LogP contribution in [0, 0.1) is 13.8 Å². The summed E-state index contributed by atoms with van der Waals surface area (Å²) in [6, 6.07) is 11.2. The standard InChI is InChI=1S/C20H23N3O3S/c1-14-3-4-15(2)19(11-14)22-7-9-23(10-8-22)27(25,26)17-5-6-18-16(12-17)13-20(24)21-18/h3-6,11-12H,7-10,13H2,1-2H3,(H,21,24). The first kappa shape index (κ1) is 18.0. The van der Waals surface area contributed by atoms with Gasteiger partial charge >= 0.3 is 0 Å². The van der Waals surface area contributed by atoms with Crippen LogP contribution >= 0.6 is 0 Å². The van der Waals surface area contributed by atoms with Crippen LogP contribution in [0.15, 0.2) is 41.3 Å². The Bertz CT molecular complexity index is 1010. The maximum absolute atomic E-state index is 13.0. The summed E-state index contributed by atoms with van der Waals surface area (Å²) in [5, 5.41) is 2.74. The number of nitrogens with zero attached hydrogens (tertiary/aromatic N) is 2. The van der Waals surface area contributed by atoms with Gasteiger partial charge in [-0.15, -0.1) is 0 Å². The van der Waals surface area contributed by atoms with E-state index in [2.05, 4.69) is 42.3 Å². The van der Waals surface area contributed by atoms with E-state index >= 15 is 0 Å². The molecular formula is C20H23N3O3S. The van der Waals surface area contributed by atoms with Crippen LogP contribution in [0.1, 0.15) is 16.7 Å². The van der Waals surface area contributed by atoms with Crippen molar-refractivity contribution in [2.24, 2.45) is 0 Å². The Morgan fingerprint density at radius 3 is 2.44 bits per heavy atom. The van der Waals surface area contributed by atoms with Crippen molar-refractivity contribution >= 4 is 27.3 Å². The number of benzene rings is 2. The molecule has 0 aliphatic carbocycles. The zero-order chi connectivity index (χ0) is 19.2. The van der Waals surface area contributed by atoms with Crippen molar-refractivity contribution in [2.45, 2.75) is 25.2 Å². The van der Waals surface area contributed by atoms with Crippen LogP contribution in [0.5, 0.6) is 0 Å². The molecule has 0 saturated carbocycles. The van der Waals surface area contributed by atoms with Crippen molar-refractivity contribution in [3.8, 4) is 0 Å². The van der Waals surface area contributed by atoms with Crippen molar-refractivity contribution in [1.82, 2.24) is 4.31 Å². The molecule has 142 valence electrons. The minimum Gasteiger partial charge on any atom is -0.369 e. The fraction of sp³-hybridized carbons (Fsp3) is 0.350. The zero-order valence-corrected chi connectivity index (χ0v) is 16.3. The molecule has 0 bridgehead atoms. The summed E-state index contributed by atoms with van der Waals surface area (Å²) >= 11 is 0. The first-order chi connectivity index (χ1) is 12.8. The summed E-state index contributed by atoms with van der Waals surface area (Å²) in [6.07, 6.45) is 0.235. The number of hydrogen-bond donors (Lipinski definition) is 1. The lowest BCUT2D eigenvalue weighted by Crippen LogP contribution is -2.48. The number of hydrogen-bond acceptors (Lipinski definition) is 4. The third-order valence-electron chi connectivity index (χ3n) is 5.28. The zero-order valence-electron chi connectivity index (χ0n) is 15.5. The average molecular weight is 385 g/mol. The highest BCUT2D eigenvalue weighted by Gasteiger charge is 2.30. The van der Waals surface area contributed by atoms with Gasteiger partial charge in [-0.05, 0) is 54.8 Å². The van der Waals surface area contributed by atoms with E-state index in [0.717, 1.165) is 5.56 Å². The first-order valence-corrected chi connectivity index (χ1v) is 10.5. The Balaban J connectivity index is 1.51. The minimum atomic E-state index is -3.56. The van der Waals surface area contributed by atoms with Crippen LogP contribution in [-0.2, 0) is 21.2 Å². The lowest BCUT2D eigenvalue weighted by molar-refractivity contribution is -0.115. The third kappa shape index (κ3) is 3.33. The summed E-state index contributed by atoms with van der Waals surface area (Å²) < 4.78 is 27.6. The Labute approximate surface area is 159 Å². The van der Waals surface area contributed by atoms with E-state index in [9.17, 15) is 13.2 Å². The topological polar surface area (TPSA) is 69.7 Å². The van der Waals surface area contributed by atoms with E-state index in [1.165, 1.54) is 16.8 Å². The SMILES string of the molecule is Cc1ccc(C)c(N2CCN(S(=O)(=O)c3ccc4c(c3)CC(=O)N4)CC2)c1. The number of aryl methyl sites for hydroxylation is 2. The van der Waals surface area contributed by atoms with Gasteiger partial charge < -0.3 is 10.2 Å². The minimum absolute atomic E-state index is 0.0957. The number of carbonyl (C=O) groups excluding carboxylic acids is 1. The molecule has 2 heterocycles. The van der Waals surface area contributed by atoms with E-state index in [1.807, 2.05) is 0 Å². The Morgan fingerprint density at radius 1 is 0.963 bits per heavy atom. The lowest BCUT2D eigenvalue weighted by atomic mass is 10.1. The Kier molecular flexibility index (Phi) is 4.44. The maximum atomic E-state index is 13.0. The van der Waals surface area contributed by atoms with Crippen LogP contribution in [0.4, 0.5) is 11.4 Å². The van der Waals surface area contributed by atoms with Crippen LogP contribution < -0.4 is 10.2 Å². The van der Waals surface area contributed by atoms with E-state index in [0.29, 0.717) is 31.9 Å². The number of piperazine rings is 1. The molecule has 2 aromatic carbocycles. The number of carbonyl (C=O) groups is 1. The van der Waals surface area contributed by atoms with Crippen molar-refractivity contribution in [3.05, 3.63) is 53.1 Å². The largest absolute Gasteiger partial charge is 0.369 e. The van der Waals surface area contributed by atoms with Gasteiger partial charge in [0.2, 0.25) is 15.9 Å². The van der Waals surface area contributed by atoms with Gasteiger partial charge in [0, 0.05) is 37.6 Å². The second-order valence-corrected chi connectivity index (χ2v) is 9.16. The van der Waals surface area contributed by atoms with Gasteiger partial charge in [-0.25, -0.2) is 8.42 Å². The lowest BCUT2D eigenvalue weighted by Gasteiger charge is -2.36. The van der Waals surface area contributed by atoms with E-state index < -0.39 is 10.0 Å². The molecule has 1 saturated heterocycles. The molecule has 0 aromatic heterocycles. The van der Waals surface area contributed by atoms with Crippen molar-refractivity contribution in [1.29, 1.82) is 0 Å². The molecule has 1 amide bonds. The molecule has 6 nitrogen and oxygen atoms in total. The van der Waals surface area contributed by atoms with E-state index in [1.54, 1.807) is 22.5 Å². The molecule has 2 aromatic rings. The highest BCUT2D eigenvalue weighted by atomic mass is 32.2. The smallest absolute Gasteiger partial charge is 0.243 e. The summed E-state index contributed by atoms with van der Waals surface area (Å²) in [5.41, 5.74) is 5.03. The number of amides is 1. The molecule has 2 aliphatic rings. The maximum Gasteiger partial charge on any atom is 0.243 e. The van der Waals surface area contributed by atoms with Crippen molar-refractivity contribution in [2.75, 3.05) is 36.4 Å². The van der Waals surface area contributed by atoms with Crippen LogP contribution in [-0.4, -0.2) is 44.8 Å². The van der Waals surface area contributed by atoms with Crippen LogP contribution in [0.2, 0.25) is 0 Å². The Morgan fingerprint density at radius 2 is 1.70 bits per heavy atom. The van der Waals surface area contributed by atoms with Crippen molar-refractivity contribution < 1.29 is 13.2 Å². The number of anilines is 2. The summed E-state index contributed by atoms with van der Waals surface area (Å²) in [7, 11) is -3.56. The molecule has 0 unspecified atom stereocenters. The molecule has 1 N–H and O–H groups in total. The number of rotatable bonds is 3. The summed E-state index contributed by atoms with van der Waals surface area (Å²) in [6.45, 7) is 6.37. The van der Waals surface area contributed by atoms with Gasteiger partial charge in [0.15, 0.2) is 0 Å². The molecule has 2 aliphatic heterocycles. The number of sulfonamides is 1. The molecule has 0 atom stereocenters. The molecular weight excluding hydrogens is 362 g/mol. The molecule has 1 fully saturated rings. The first-order valence-electron chi connectivity index (χ1n) is 9.10. The molecule has 4 rings (SSSR count). The van der Waals surface area contributed by atoms with E-state index in [4.69, 9.17) is 0 Å². The normalized spacial score (nSPS) is 17.7. The van der Waals surface area contributed by atoms with Gasteiger partial charge in [0.1, 0.15) is 0 Å². The molecule has 7 heteroatoms. The number of fused-ring (bicyclic) bond motifs is 1. The van der Waals surface area contributed by atoms with Gasteiger partial charge in [-0.1, -0.05) is 12.1 Å². The van der Waals surface area contributed by atoms with Gasteiger partial charge in [-0.2, -0.15) is 4.31 Å². The quantitative estimate of drug-likeness (QED) is 0.880. The van der Waals surface area contributed by atoms with Crippen LogP contribution in [0.3, 0.4) is 0 Å². The average Bonchev–Trinajstić information content (AvgIpc) is 3.03. The third-order valence-corrected chi connectivity index (χ3v) is 7.18. The second-order valence-electron chi connectivity index (χ2n) is 7.22. The molecule has 0 radical (unpaired) electrons. The van der Waals surface area contributed by atoms with Gasteiger partial charge in [0.05, 0.1) is 11.3 Å². The summed E-state index contributed by atoms with van der Waals surface area (Å²) in [5.74, 6) is -0.0957. The fourth-order valence-electron chi connectivity index (χ4n) is 3.74. The highest BCUT2D eigenvalue weighted by molar-refractivity contribution is 7.89. The predicted octanol–water partition coefficient (Wildman–Crippen LogP) is 2.31.